The molecule has 2 aromatic rings. The van der Waals surface area contributed by atoms with Crippen LogP contribution < -0.4 is 14.9 Å². The van der Waals surface area contributed by atoms with Gasteiger partial charge >= 0.3 is 5.69 Å². The summed E-state index contributed by atoms with van der Waals surface area (Å²) in [6.07, 6.45) is 5.05. The Morgan fingerprint density at radius 2 is 1.91 bits per heavy atom. The molecule has 1 amide bonds. The Morgan fingerprint density at radius 1 is 1.12 bits per heavy atom. The van der Waals surface area contributed by atoms with Crippen molar-refractivity contribution in [3.05, 3.63) is 67.8 Å². The van der Waals surface area contributed by atoms with Crippen molar-refractivity contribution in [2.75, 3.05) is 13.7 Å². The summed E-state index contributed by atoms with van der Waals surface area (Å²) in [5.74, 6) is -0.466. The SMILES string of the molecule is CCCCCCOc1c(OC)cc(/C=N/NC(=O)c2cccc([N+](=O)[O-])c2)cc1[N+](=O)[O-]. The van der Waals surface area contributed by atoms with E-state index in [1.165, 1.54) is 43.7 Å². The minimum absolute atomic E-state index is 0.0341. The monoisotopic (exact) mass is 444 g/mol. The van der Waals surface area contributed by atoms with E-state index in [1.54, 1.807) is 0 Å². The van der Waals surface area contributed by atoms with Gasteiger partial charge in [0, 0.05) is 29.3 Å². The molecule has 0 unspecified atom stereocenters. The molecule has 0 aliphatic rings. The van der Waals surface area contributed by atoms with Gasteiger partial charge in [-0.15, -0.1) is 0 Å². The molecule has 0 aromatic heterocycles. The maximum atomic E-state index is 12.2. The van der Waals surface area contributed by atoms with Crippen molar-refractivity contribution >= 4 is 23.5 Å². The third-order valence-corrected chi connectivity index (χ3v) is 4.42. The lowest BCUT2D eigenvalue weighted by atomic mass is 10.1. The molecule has 0 aliphatic heterocycles. The van der Waals surface area contributed by atoms with E-state index in [4.69, 9.17) is 9.47 Å². The van der Waals surface area contributed by atoms with Crippen LogP contribution in [0, 0.1) is 20.2 Å². The normalized spacial score (nSPS) is 10.7. The maximum absolute atomic E-state index is 12.2. The average molecular weight is 444 g/mol. The molecule has 11 nitrogen and oxygen atoms in total. The van der Waals surface area contributed by atoms with Crippen LogP contribution in [0.5, 0.6) is 11.5 Å². The molecule has 0 atom stereocenters. The second-order valence-electron chi connectivity index (χ2n) is 6.74. The Labute approximate surface area is 184 Å². The summed E-state index contributed by atoms with van der Waals surface area (Å²) in [7, 11) is 1.37. The molecular formula is C21H24N4O7. The number of non-ortho nitro benzene ring substituents is 1. The Hall–Kier alpha value is -4.02. The molecule has 32 heavy (non-hydrogen) atoms. The Balaban J connectivity index is 2.15. The summed E-state index contributed by atoms with van der Waals surface area (Å²) >= 11 is 0. The lowest BCUT2D eigenvalue weighted by molar-refractivity contribution is -0.386. The van der Waals surface area contributed by atoms with Gasteiger partial charge in [-0.3, -0.25) is 25.0 Å². The number of nitrogens with one attached hydrogen (secondary N) is 1. The molecule has 0 radical (unpaired) electrons. The van der Waals surface area contributed by atoms with Crippen LogP contribution >= 0.6 is 0 Å². The van der Waals surface area contributed by atoms with Crippen LogP contribution in [0.2, 0.25) is 0 Å². The van der Waals surface area contributed by atoms with Crippen LogP contribution in [0.1, 0.15) is 48.5 Å². The van der Waals surface area contributed by atoms with E-state index < -0.39 is 15.8 Å². The zero-order valence-corrected chi connectivity index (χ0v) is 17.8. The molecule has 170 valence electrons. The predicted molar refractivity (Wildman–Crippen MR) is 117 cm³/mol. The fraction of sp³-hybridized carbons (Fsp3) is 0.333. The first kappa shape index (κ1) is 24.3. The lowest BCUT2D eigenvalue weighted by Crippen LogP contribution is -2.17. The van der Waals surface area contributed by atoms with Gasteiger partial charge in [-0.1, -0.05) is 32.3 Å². The first-order valence-corrected chi connectivity index (χ1v) is 9.94. The second kappa shape index (κ2) is 12.0. The standard InChI is InChI=1S/C21H24N4O7/c1-3-4-5-6-10-32-20-18(25(29)30)11-15(12-19(20)31-2)14-22-23-21(26)16-8-7-9-17(13-16)24(27)28/h7-9,11-14H,3-6,10H2,1-2H3,(H,23,26)/b22-14+. The zero-order chi connectivity index (χ0) is 23.5. The number of nitro groups is 2. The number of amides is 1. The number of hydrogen-bond donors (Lipinski definition) is 1. The second-order valence-corrected chi connectivity index (χ2v) is 6.74. The minimum Gasteiger partial charge on any atom is -0.493 e. The predicted octanol–water partition coefficient (Wildman–Crippen LogP) is 4.23. The average Bonchev–Trinajstić information content (AvgIpc) is 2.78. The van der Waals surface area contributed by atoms with Crippen molar-refractivity contribution in [2.24, 2.45) is 5.10 Å². The molecule has 11 heteroatoms. The van der Waals surface area contributed by atoms with Gasteiger partial charge < -0.3 is 9.47 Å². The van der Waals surface area contributed by atoms with Crippen molar-refractivity contribution in [1.29, 1.82) is 0 Å². The Bertz CT molecular complexity index is 1010. The number of rotatable bonds is 12. The molecule has 0 spiro atoms. The van der Waals surface area contributed by atoms with E-state index in [9.17, 15) is 25.0 Å². The fourth-order valence-corrected chi connectivity index (χ4v) is 2.81. The topological polar surface area (TPSA) is 146 Å². The van der Waals surface area contributed by atoms with Gasteiger partial charge in [-0.2, -0.15) is 5.10 Å². The lowest BCUT2D eigenvalue weighted by Gasteiger charge is -2.12. The number of nitrogens with zero attached hydrogens (tertiary/aromatic N) is 3. The molecule has 0 bridgehead atoms. The van der Waals surface area contributed by atoms with Crippen LogP contribution in [-0.4, -0.2) is 35.7 Å². The van der Waals surface area contributed by atoms with Crippen molar-refractivity contribution in [2.45, 2.75) is 32.6 Å². The van der Waals surface area contributed by atoms with E-state index in [2.05, 4.69) is 17.5 Å². The van der Waals surface area contributed by atoms with Crippen molar-refractivity contribution in [3.63, 3.8) is 0 Å². The highest BCUT2D eigenvalue weighted by atomic mass is 16.6. The van der Waals surface area contributed by atoms with Gasteiger partial charge in [0.2, 0.25) is 5.75 Å². The molecule has 0 saturated heterocycles. The third kappa shape index (κ3) is 6.76. The molecular weight excluding hydrogens is 420 g/mol. The van der Waals surface area contributed by atoms with Crippen LogP contribution in [0.4, 0.5) is 11.4 Å². The van der Waals surface area contributed by atoms with Crippen LogP contribution in [-0.2, 0) is 0 Å². The largest absolute Gasteiger partial charge is 0.493 e. The number of carbonyl (C=O) groups excluding carboxylic acids is 1. The third-order valence-electron chi connectivity index (χ3n) is 4.42. The molecule has 2 aromatic carbocycles. The Morgan fingerprint density at radius 3 is 2.56 bits per heavy atom. The van der Waals surface area contributed by atoms with Crippen molar-refractivity contribution in [1.82, 2.24) is 5.43 Å². The first-order valence-electron chi connectivity index (χ1n) is 9.94. The number of benzene rings is 2. The van der Waals surface area contributed by atoms with E-state index in [0.29, 0.717) is 12.2 Å². The number of ether oxygens (including phenoxy) is 2. The fourth-order valence-electron chi connectivity index (χ4n) is 2.81. The van der Waals surface area contributed by atoms with E-state index in [1.807, 2.05) is 0 Å². The number of hydrogen-bond acceptors (Lipinski definition) is 8. The minimum atomic E-state index is -0.668. The number of carbonyl (C=O) groups is 1. The number of hydrazone groups is 1. The molecule has 1 N–H and O–H groups in total. The molecule has 0 heterocycles. The maximum Gasteiger partial charge on any atom is 0.315 e. The molecule has 0 fully saturated rings. The summed E-state index contributed by atoms with van der Waals surface area (Å²) in [4.78, 5) is 33.3. The van der Waals surface area contributed by atoms with Crippen LogP contribution in [0.15, 0.2) is 41.5 Å². The number of unbranched alkanes of at least 4 members (excludes halogenated alkanes) is 3. The molecule has 0 saturated carbocycles. The highest BCUT2D eigenvalue weighted by Crippen LogP contribution is 2.38. The quantitative estimate of drug-likeness (QED) is 0.223. The van der Waals surface area contributed by atoms with Gasteiger partial charge in [0.05, 0.1) is 29.8 Å². The van der Waals surface area contributed by atoms with Crippen LogP contribution in [0.3, 0.4) is 0 Å². The summed E-state index contributed by atoms with van der Waals surface area (Å²) in [6, 6.07) is 7.92. The van der Waals surface area contributed by atoms with E-state index in [0.717, 1.165) is 31.7 Å². The van der Waals surface area contributed by atoms with Gasteiger partial charge in [-0.25, -0.2) is 5.43 Å². The molecule has 0 aliphatic carbocycles. The van der Waals surface area contributed by atoms with E-state index in [-0.39, 0.29) is 28.4 Å². The first-order chi connectivity index (χ1) is 15.4. The summed E-state index contributed by atoms with van der Waals surface area (Å²) in [6.45, 7) is 2.41. The Kier molecular flexibility index (Phi) is 9.08. The van der Waals surface area contributed by atoms with Crippen LogP contribution in [0.25, 0.3) is 0 Å². The van der Waals surface area contributed by atoms with Gasteiger partial charge in [0.15, 0.2) is 5.75 Å². The number of nitro benzene ring substituents is 2. The van der Waals surface area contributed by atoms with Gasteiger partial charge in [-0.05, 0) is 18.6 Å². The van der Waals surface area contributed by atoms with Crippen molar-refractivity contribution < 1.29 is 24.1 Å². The summed E-state index contributed by atoms with van der Waals surface area (Å²) in [5.41, 5.74) is 2.06. The van der Waals surface area contributed by atoms with Gasteiger partial charge in [0.1, 0.15) is 0 Å². The summed E-state index contributed by atoms with van der Waals surface area (Å²) < 4.78 is 10.9. The smallest absolute Gasteiger partial charge is 0.315 e. The van der Waals surface area contributed by atoms with Gasteiger partial charge in [0.25, 0.3) is 11.6 Å². The molecule has 2 rings (SSSR count). The van der Waals surface area contributed by atoms with Crippen molar-refractivity contribution in [3.8, 4) is 11.5 Å². The zero-order valence-electron chi connectivity index (χ0n) is 17.8. The number of methoxy groups -OCH3 is 1. The summed E-state index contributed by atoms with van der Waals surface area (Å²) in [5, 5.41) is 26.1. The highest BCUT2D eigenvalue weighted by molar-refractivity contribution is 5.95. The highest BCUT2D eigenvalue weighted by Gasteiger charge is 2.22. The van der Waals surface area contributed by atoms with E-state index >= 15 is 0 Å².